The van der Waals surface area contributed by atoms with Crippen molar-refractivity contribution >= 4 is 17.6 Å². The first-order valence-electron chi connectivity index (χ1n) is 5.76. The van der Waals surface area contributed by atoms with E-state index in [4.69, 9.17) is 11.6 Å². The largest absolute Gasteiger partial charge is 0.457 e. The van der Waals surface area contributed by atoms with Gasteiger partial charge in [0, 0.05) is 5.02 Å². The Morgan fingerprint density at radius 1 is 0.864 bits per heavy atom. The lowest BCUT2D eigenvalue weighted by Crippen LogP contribution is -2.11. The molecule has 0 saturated carbocycles. The van der Waals surface area contributed by atoms with Crippen molar-refractivity contribution < 1.29 is 31.5 Å². The molecule has 0 radical (unpaired) electrons. The van der Waals surface area contributed by atoms with Gasteiger partial charge in [-0.15, -0.1) is 0 Å². The van der Waals surface area contributed by atoms with Gasteiger partial charge in [-0.05, 0) is 24.3 Å². The van der Waals surface area contributed by atoms with Crippen LogP contribution in [0.15, 0.2) is 24.3 Å². The van der Waals surface area contributed by atoms with Gasteiger partial charge < -0.3 is 4.74 Å². The molecular weight excluding hydrogens is 331 g/mol. The zero-order valence-electron chi connectivity index (χ0n) is 10.6. The molecule has 0 spiro atoms. The molecule has 2 aromatic carbocycles. The Morgan fingerprint density at radius 2 is 1.32 bits per heavy atom. The second-order valence-electron chi connectivity index (χ2n) is 4.13. The van der Waals surface area contributed by atoms with E-state index < -0.39 is 47.2 Å². The highest BCUT2D eigenvalue weighted by Crippen LogP contribution is 2.24. The summed E-state index contributed by atoms with van der Waals surface area (Å²) >= 11 is 5.61. The molecule has 0 atom stereocenters. The van der Waals surface area contributed by atoms with E-state index in [2.05, 4.69) is 4.74 Å². The van der Waals surface area contributed by atoms with E-state index in [1.165, 1.54) is 24.3 Å². The van der Waals surface area contributed by atoms with Gasteiger partial charge >= 0.3 is 5.97 Å². The molecule has 0 N–H and O–H groups in total. The van der Waals surface area contributed by atoms with Gasteiger partial charge in [0.2, 0.25) is 5.82 Å². The van der Waals surface area contributed by atoms with E-state index in [1.807, 2.05) is 0 Å². The molecule has 2 aromatic rings. The molecule has 116 valence electrons. The maximum Gasteiger partial charge on any atom is 0.338 e. The summed E-state index contributed by atoms with van der Waals surface area (Å²) in [4.78, 5) is 11.6. The minimum Gasteiger partial charge on any atom is -0.457 e. The average Bonchev–Trinajstić information content (AvgIpc) is 2.51. The van der Waals surface area contributed by atoms with E-state index in [9.17, 15) is 26.7 Å². The number of carbonyl (C=O) groups is 1. The SMILES string of the molecule is O=C(OCc1c(F)c(F)c(F)c(F)c1F)c1ccc(Cl)cc1. The van der Waals surface area contributed by atoms with E-state index in [0.29, 0.717) is 5.02 Å². The molecule has 8 heteroatoms. The highest BCUT2D eigenvalue weighted by molar-refractivity contribution is 6.30. The van der Waals surface area contributed by atoms with Crippen molar-refractivity contribution in [2.45, 2.75) is 6.61 Å². The lowest BCUT2D eigenvalue weighted by atomic mass is 10.2. The summed E-state index contributed by atoms with van der Waals surface area (Å²) in [5.41, 5.74) is -1.22. The summed E-state index contributed by atoms with van der Waals surface area (Å²) < 4.78 is 70.1. The van der Waals surface area contributed by atoms with Crippen molar-refractivity contribution in [1.29, 1.82) is 0 Å². The zero-order valence-corrected chi connectivity index (χ0v) is 11.4. The van der Waals surface area contributed by atoms with Crippen molar-refractivity contribution in [2.75, 3.05) is 0 Å². The molecule has 0 bridgehead atoms. The summed E-state index contributed by atoms with van der Waals surface area (Å²) in [6, 6.07) is 5.31. The fourth-order valence-corrected chi connectivity index (χ4v) is 1.71. The molecule has 0 saturated heterocycles. The smallest absolute Gasteiger partial charge is 0.338 e. The van der Waals surface area contributed by atoms with Crippen molar-refractivity contribution in [3.05, 3.63) is 69.5 Å². The van der Waals surface area contributed by atoms with Crippen LogP contribution in [-0.2, 0) is 11.3 Å². The van der Waals surface area contributed by atoms with Crippen LogP contribution in [0.1, 0.15) is 15.9 Å². The Balaban J connectivity index is 2.22. The topological polar surface area (TPSA) is 26.3 Å². The summed E-state index contributed by atoms with van der Waals surface area (Å²) in [6.45, 7) is -1.10. The van der Waals surface area contributed by atoms with Crippen molar-refractivity contribution in [3.63, 3.8) is 0 Å². The minimum atomic E-state index is -2.28. The first-order chi connectivity index (χ1) is 10.3. The first-order valence-corrected chi connectivity index (χ1v) is 6.13. The normalized spacial score (nSPS) is 10.6. The van der Waals surface area contributed by atoms with E-state index in [-0.39, 0.29) is 5.56 Å². The van der Waals surface area contributed by atoms with Gasteiger partial charge in [0.25, 0.3) is 0 Å². The number of halogens is 6. The lowest BCUT2D eigenvalue weighted by Gasteiger charge is -2.09. The number of hydrogen-bond donors (Lipinski definition) is 0. The second kappa shape index (κ2) is 6.31. The Morgan fingerprint density at radius 3 is 1.82 bits per heavy atom. The highest BCUT2D eigenvalue weighted by Gasteiger charge is 2.26. The van der Waals surface area contributed by atoms with Gasteiger partial charge in [-0.25, -0.2) is 26.7 Å². The fourth-order valence-electron chi connectivity index (χ4n) is 1.58. The van der Waals surface area contributed by atoms with Crippen LogP contribution in [0, 0.1) is 29.1 Å². The third-order valence-electron chi connectivity index (χ3n) is 2.73. The summed E-state index contributed by atoms with van der Waals surface area (Å²) in [7, 11) is 0. The standard InChI is InChI=1S/C14H6ClF5O2/c15-7-3-1-6(2-4-7)14(21)22-5-8-9(16)11(18)13(20)12(19)10(8)17/h1-4H,5H2. The van der Waals surface area contributed by atoms with Gasteiger partial charge in [-0.3, -0.25) is 0 Å². The van der Waals surface area contributed by atoms with Crippen molar-refractivity contribution in [1.82, 2.24) is 0 Å². The Labute approximate surface area is 126 Å². The number of ether oxygens (including phenoxy) is 1. The van der Waals surface area contributed by atoms with Crippen LogP contribution in [0.5, 0.6) is 0 Å². The van der Waals surface area contributed by atoms with Crippen LogP contribution in [0.25, 0.3) is 0 Å². The molecule has 0 fully saturated rings. The Kier molecular flexibility index (Phi) is 4.65. The monoisotopic (exact) mass is 336 g/mol. The van der Waals surface area contributed by atoms with Crippen LogP contribution in [0.2, 0.25) is 5.02 Å². The number of carbonyl (C=O) groups excluding carboxylic acids is 1. The molecule has 2 rings (SSSR count). The average molecular weight is 337 g/mol. The molecule has 0 unspecified atom stereocenters. The quantitative estimate of drug-likeness (QED) is 0.359. The lowest BCUT2D eigenvalue weighted by molar-refractivity contribution is 0.0462. The third kappa shape index (κ3) is 3.04. The van der Waals surface area contributed by atoms with Crippen LogP contribution >= 0.6 is 11.6 Å². The summed E-state index contributed by atoms with van der Waals surface area (Å²) in [6.07, 6.45) is 0. The predicted molar refractivity (Wildman–Crippen MR) is 66.8 cm³/mol. The molecule has 0 heterocycles. The maximum atomic E-state index is 13.4. The predicted octanol–water partition coefficient (Wildman–Crippen LogP) is 4.39. The van der Waals surface area contributed by atoms with Crippen LogP contribution in [-0.4, -0.2) is 5.97 Å². The van der Waals surface area contributed by atoms with Gasteiger partial charge in [0.15, 0.2) is 23.3 Å². The van der Waals surface area contributed by atoms with Crippen LogP contribution in [0.4, 0.5) is 22.0 Å². The maximum absolute atomic E-state index is 13.4. The molecule has 0 aliphatic heterocycles. The van der Waals surface area contributed by atoms with E-state index in [1.54, 1.807) is 0 Å². The van der Waals surface area contributed by atoms with Crippen molar-refractivity contribution in [2.24, 2.45) is 0 Å². The third-order valence-corrected chi connectivity index (χ3v) is 2.98. The van der Waals surface area contributed by atoms with Gasteiger partial charge in [-0.1, -0.05) is 11.6 Å². The highest BCUT2D eigenvalue weighted by atomic mass is 35.5. The van der Waals surface area contributed by atoms with Crippen LogP contribution in [0.3, 0.4) is 0 Å². The van der Waals surface area contributed by atoms with E-state index in [0.717, 1.165) is 0 Å². The Bertz CT molecular complexity index is 702. The number of esters is 1. The molecule has 22 heavy (non-hydrogen) atoms. The van der Waals surface area contributed by atoms with Crippen LogP contribution < -0.4 is 0 Å². The summed E-state index contributed by atoms with van der Waals surface area (Å²) in [5, 5.41) is 0.344. The number of rotatable bonds is 3. The molecule has 0 aromatic heterocycles. The van der Waals surface area contributed by atoms with Gasteiger partial charge in [0.05, 0.1) is 11.1 Å². The number of benzene rings is 2. The molecule has 0 aliphatic rings. The first kappa shape index (κ1) is 16.2. The van der Waals surface area contributed by atoms with Crippen molar-refractivity contribution in [3.8, 4) is 0 Å². The molecular formula is C14H6ClF5O2. The van der Waals surface area contributed by atoms with Gasteiger partial charge in [-0.2, -0.15) is 0 Å². The number of hydrogen-bond acceptors (Lipinski definition) is 2. The van der Waals surface area contributed by atoms with E-state index >= 15 is 0 Å². The zero-order chi connectivity index (χ0) is 16.4. The molecule has 0 amide bonds. The Hall–Kier alpha value is -2.15. The van der Waals surface area contributed by atoms with Gasteiger partial charge in [0.1, 0.15) is 6.61 Å². The minimum absolute atomic E-state index is 0.00766. The molecule has 0 aliphatic carbocycles. The summed E-state index contributed by atoms with van der Waals surface area (Å²) in [5.74, 6) is -11.6. The fraction of sp³-hybridized carbons (Fsp3) is 0.0714. The second-order valence-corrected chi connectivity index (χ2v) is 4.57. The molecule has 2 nitrogen and oxygen atoms in total.